The number of nitrogens with one attached hydrogen (secondary N) is 1. The average Bonchev–Trinajstić information content (AvgIpc) is 2.35. The third-order valence-electron chi connectivity index (χ3n) is 2.73. The number of hydrogen-bond donors (Lipinski definition) is 1. The first kappa shape index (κ1) is 11.6. The van der Waals surface area contributed by atoms with Crippen LogP contribution in [0, 0.1) is 12.7 Å². The minimum absolute atomic E-state index is 0.147. The molecular weight excluding hydrogens is 215 g/mol. The van der Waals surface area contributed by atoms with Crippen LogP contribution in [0.5, 0.6) is 0 Å². The standard InChI is InChI=1S/C14H15FN2/c1-10-8-13(5-6-14(10)15)17-11(2)12-4-3-7-16-9-12/h3-9,11,17H,1-2H3. The lowest BCUT2D eigenvalue weighted by Gasteiger charge is -2.15. The summed E-state index contributed by atoms with van der Waals surface area (Å²) in [5.41, 5.74) is 2.67. The molecule has 0 saturated carbocycles. The molecule has 0 amide bonds. The van der Waals surface area contributed by atoms with E-state index in [0.29, 0.717) is 5.56 Å². The van der Waals surface area contributed by atoms with E-state index >= 15 is 0 Å². The van der Waals surface area contributed by atoms with E-state index in [0.717, 1.165) is 11.3 Å². The van der Waals surface area contributed by atoms with E-state index in [1.807, 2.05) is 24.4 Å². The van der Waals surface area contributed by atoms with Crippen LogP contribution in [-0.4, -0.2) is 4.98 Å². The molecule has 2 rings (SSSR count). The lowest BCUT2D eigenvalue weighted by atomic mass is 10.1. The number of rotatable bonds is 3. The predicted octanol–water partition coefficient (Wildman–Crippen LogP) is 3.70. The molecule has 0 fully saturated rings. The molecule has 88 valence electrons. The van der Waals surface area contributed by atoms with Crippen LogP contribution >= 0.6 is 0 Å². The van der Waals surface area contributed by atoms with Crippen molar-refractivity contribution in [3.63, 3.8) is 0 Å². The molecule has 1 aromatic carbocycles. The van der Waals surface area contributed by atoms with Crippen molar-refractivity contribution in [3.05, 3.63) is 59.7 Å². The maximum absolute atomic E-state index is 13.1. The molecule has 0 aliphatic heterocycles. The maximum Gasteiger partial charge on any atom is 0.126 e. The predicted molar refractivity (Wildman–Crippen MR) is 67.4 cm³/mol. The third kappa shape index (κ3) is 2.81. The van der Waals surface area contributed by atoms with Crippen molar-refractivity contribution in [1.29, 1.82) is 0 Å². The first-order valence-electron chi connectivity index (χ1n) is 5.59. The van der Waals surface area contributed by atoms with Crippen LogP contribution in [0.25, 0.3) is 0 Å². The van der Waals surface area contributed by atoms with Crippen LogP contribution in [0.3, 0.4) is 0 Å². The highest BCUT2D eigenvalue weighted by molar-refractivity contribution is 5.47. The van der Waals surface area contributed by atoms with Crippen LogP contribution in [0.2, 0.25) is 0 Å². The minimum Gasteiger partial charge on any atom is -0.378 e. The van der Waals surface area contributed by atoms with E-state index in [1.165, 1.54) is 6.07 Å². The zero-order valence-electron chi connectivity index (χ0n) is 9.94. The zero-order valence-corrected chi connectivity index (χ0v) is 9.94. The Kier molecular flexibility index (Phi) is 3.38. The van der Waals surface area contributed by atoms with Gasteiger partial charge in [-0.15, -0.1) is 0 Å². The Hall–Kier alpha value is -1.90. The summed E-state index contributed by atoms with van der Waals surface area (Å²) in [5, 5.41) is 3.32. The van der Waals surface area contributed by atoms with Gasteiger partial charge in [0, 0.05) is 18.1 Å². The van der Waals surface area contributed by atoms with Crippen molar-refractivity contribution in [2.24, 2.45) is 0 Å². The molecule has 0 bridgehead atoms. The first-order chi connectivity index (χ1) is 8.16. The number of benzene rings is 1. The van der Waals surface area contributed by atoms with Gasteiger partial charge in [-0.25, -0.2) is 4.39 Å². The van der Waals surface area contributed by atoms with E-state index in [2.05, 4.69) is 17.2 Å². The highest BCUT2D eigenvalue weighted by atomic mass is 19.1. The first-order valence-corrected chi connectivity index (χ1v) is 5.59. The highest BCUT2D eigenvalue weighted by Crippen LogP contribution is 2.20. The van der Waals surface area contributed by atoms with E-state index in [-0.39, 0.29) is 11.9 Å². The summed E-state index contributed by atoms with van der Waals surface area (Å²) < 4.78 is 13.1. The summed E-state index contributed by atoms with van der Waals surface area (Å²) in [6.45, 7) is 3.81. The van der Waals surface area contributed by atoms with Crippen LogP contribution < -0.4 is 5.32 Å². The maximum atomic E-state index is 13.1. The second kappa shape index (κ2) is 4.95. The molecule has 0 spiro atoms. The number of aryl methyl sites for hydroxylation is 1. The van der Waals surface area contributed by atoms with Gasteiger partial charge in [0.15, 0.2) is 0 Å². The van der Waals surface area contributed by atoms with Crippen LogP contribution in [0.15, 0.2) is 42.7 Å². The summed E-state index contributed by atoms with van der Waals surface area (Å²) in [5.74, 6) is -0.176. The van der Waals surface area contributed by atoms with E-state index < -0.39 is 0 Å². The van der Waals surface area contributed by atoms with Crippen molar-refractivity contribution < 1.29 is 4.39 Å². The number of halogens is 1. The van der Waals surface area contributed by atoms with Gasteiger partial charge in [0.25, 0.3) is 0 Å². The van der Waals surface area contributed by atoms with Gasteiger partial charge in [0.1, 0.15) is 5.82 Å². The summed E-state index contributed by atoms with van der Waals surface area (Å²) in [6.07, 6.45) is 3.58. The topological polar surface area (TPSA) is 24.9 Å². The molecule has 1 atom stereocenters. The molecule has 2 nitrogen and oxygen atoms in total. The molecule has 0 aliphatic rings. The van der Waals surface area contributed by atoms with Gasteiger partial charge in [-0.1, -0.05) is 6.07 Å². The fourth-order valence-corrected chi connectivity index (χ4v) is 1.70. The molecular formula is C14H15FN2. The Morgan fingerprint density at radius 3 is 2.76 bits per heavy atom. The number of hydrogen-bond acceptors (Lipinski definition) is 2. The Labute approximate surface area is 101 Å². The minimum atomic E-state index is -0.176. The zero-order chi connectivity index (χ0) is 12.3. The van der Waals surface area contributed by atoms with E-state index in [4.69, 9.17) is 0 Å². The molecule has 1 heterocycles. The molecule has 1 unspecified atom stereocenters. The number of aromatic nitrogens is 1. The van der Waals surface area contributed by atoms with Crippen LogP contribution in [0.4, 0.5) is 10.1 Å². The fourth-order valence-electron chi connectivity index (χ4n) is 1.70. The number of anilines is 1. The van der Waals surface area contributed by atoms with Gasteiger partial charge in [-0.3, -0.25) is 4.98 Å². The summed E-state index contributed by atoms with van der Waals surface area (Å²) >= 11 is 0. The average molecular weight is 230 g/mol. The van der Waals surface area contributed by atoms with Gasteiger partial charge in [0.05, 0.1) is 6.04 Å². The number of nitrogens with zero attached hydrogens (tertiary/aromatic N) is 1. The molecule has 17 heavy (non-hydrogen) atoms. The molecule has 1 N–H and O–H groups in total. The SMILES string of the molecule is Cc1cc(NC(C)c2cccnc2)ccc1F. The van der Waals surface area contributed by atoms with Crippen molar-refractivity contribution in [1.82, 2.24) is 4.98 Å². The second-order valence-corrected chi connectivity index (χ2v) is 4.12. The van der Waals surface area contributed by atoms with Gasteiger partial charge < -0.3 is 5.32 Å². The van der Waals surface area contributed by atoms with Gasteiger partial charge in [-0.2, -0.15) is 0 Å². The molecule has 1 aromatic heterocycles. The van der Waals surface area contributed by atoms with Crippen molar-refractivity contribution in [2.45, 2.75) is 19.9 Å². The quantitative estimate of drug-likeness (QED) is 0.869. The van der Waals surface area contributed by atoms with Gasteiger partial charge >= 0.3 is 0 Å². The van der Waals surface area contributed by atoms with Crippen molar-refractivity contribution >= 4 is 5.69 Å². The second-order valence-electron chi connectivity index (χ2n) is 4.12. The molecule has 3 heteroatoms. The van der Waals surface area contributed by atoms with Crippen LogP contribution in [0.1, 0.15) is 24.1 Å². The summed E-state index contributed by atoms with van der Waals surface area (Å²) in [4.78, 5) is 4.08. The Morgan fingerprint density at radius 2 is 2.12 bits per heavy atom. The van der Waals surface area contributed by atoms with Gasteiger partial charge in [0.2, 0.25) is 0 Å². The smallest absolute Gasteiger partial charge is 0.126 e. The van der Waals surface area contributed by atoms with Gasteiger partial charge in [-0.05, 0) is 49.2 Å². The van der Waals surface area contributed by atoms with Crippen molar-refractivity contribution in [3.8, 4) is 0 Å². The normalized spacial score (nSPS) is 12.2. The van der Waals surface area contributed by atoms with E-state index in [1.54, 1.807) is 19.2 Å². The van der Waals surface area contributed by atoms with Crippen molar-refractivity contribution in [2.75, 3.05) is 5.32 Å². The third-order valence-corrected chi connectivity index (χ3v) is 2.73. The Balaban J connectivity index is 2.13. The number of pyridine rings is 1. The largest absolute Gasteiger partial charge is 0.378 e. The summed E-state index contributed by atoms with van der Waals surface area (Å²) in [7, 11) is 0. The molecule has 2 aromatic rings. The lowest BCUT2D eigenvalue weighted by molar-refractivity contribution is 0.618. The van der Waals surface area contributed by atoms with E-state index in [9.17, 15) is 4.39 Å². The fraction of sp³-hybridized carbons (Fsp3) is 0.214. The molecule has 0 saturated heterocycles. The Bertz CT molecular complexity index is 497. The molecule has 0 aliphatic carbocycles. The van der Waals surface area contributed by atoms with Crippen LogP contribution in [-0.2, 0) is 0 Å². The molecule has 0 radical (unpaired) electrons. The lowest BCUT2D eigenvalue weighted by Crippen LogP contribution is -2.07. The monoisotopic (exact) mass is 230 g/mol. The highest BCUT2D eigenvalue weighted by Gasteiger charge is 2.06. The Morgan fingerprint density at radius 1 is 1.29 bits per heavy atom. The summed E-state index contributed by atoms with van der Waals surface area (Å²) in [6, 6.07) is 9.10.